The van der Waals surface area contributed by atoms with Gasteiger partial charge in [-0.2, -0.15) is 0 Å². The van der Waals surface area contributed by atoms with E-state index in [0.29, 0.717) is 23.0 Å². The van der Waals surface area contributed by atoms with Crippen LogP contribution in [0.1, 0.15) is 11.1 Å². The van der Waals surface area contributed by atoms with E-state index in [1.807, 2.05) is 0 Å². The molecule has 6 nitrogen and oxygen atoms in total. The predicted octanol–water partition coefficient (Wildman–Crippen LogP) is 16.9. The van der Waals surface area contributed by atoms with Gasteiger partial charge in [-0.25, -0.2) is 20.0 Å². The summed E-state index contributed by atoms with van der Waals surface area (Å²) < 4.78 is 4.26. The zero-order chi connectivity index (χ0) is 49.1. The number of hydrogen-bond acceptors (Lipinski definition) is 10. The van der Waals surface area contributed by atoms with Crippen molar-refractivity contribution in [2.45, 2.75) is 58.7 Å². The van der Waals surface area contributed by atoms with Gasteiger partial charge >= 0.3 is 6.40 Å². The number of fused-ring (bicyclic) bond motifs is 10. The number of aliphatic imine (C=N–C) groups is 2. The van der Waals surface area contributed by atoms with Gasteiger partial charge in [0.15, 0.2) is 11.7 Å². The number of halogens is 1. The van der Waals surface area contributed by atoms with Gasteiger partial charge in [-0.3, -0.25) is 0 Å². The highest BCUT2D eigenvalue weighted by Gasteiger charge is 2.39. The third-order valence-corrected chi connectivity index (χ3v) is 19.5. The number of hydrogen-bond donors (Lipinski definition) is 0. The molecule has 4 bridgehead atoms. The number of nitrogens with zero attached hydrogens (tertiary/aromatic N) is 6. The Balaban J connectivity index is 1.15. The van der Waals surface area contributed by atoms with E-state index in [9.17, 15) is 0 Å². The van der Waals surface area contributed by atoms with Crippen LogP contribution >= 0.6 is 82.0 Å². The van der Waals surface area contributed by atoms with E-state index in [1.54, 1.807) is 70.6 Å². The van der Waals surface area contributed by atoms with Gasteiger partial charge in [-0.05, 0) is 109 Å². The van der Waals surface area contributed by atoms with Gasteiger partial charge in [0.25, 0.3) is 0 Å². The first-order chi connectivity index (χ1) is 36.6. The molecule has 0 saturated heterocycles. The summed E-state index contributed by atoms with van der Waals surface area (Å²) in [5, 5.41) is 3.87. The van der Waals surface area contributed by atoms with Crippen LogP contribution in [0.15, 0.2) is 297 Å². The molecule has 0 radical (unpaired) electrons. The average Bonchev–Trinajstić information content (AvgIpc) is 4.19. The average molecular weight is 1080 g/mol. The molecule has 2 aromatic heterocycles. The van der Waals surface area contributed by atoms with Crippen LogP contribution in [-0.4, -0.2) is 27.0 Å². The summed E-state index contributed by atoms with van der Waals surface area (Å²) in [6.45, 7) is 0. The largest absolute Gasteiger partial charge is 0.499 e. The van der Waals surface area contributed by atoms with Crippen molar-refractivity contribution in [1.29, 1.82) is 0 Å². The van der Waals surface area contributed by atoms with Gasteiger partial charge in [0.2, 0.25) is 0 Å². The minimum atomic E-state index is -0.832. The van der Waals surface area contributed by atoms with E-state index in [-0.39, 0.29) is 0 Å². The number of amidine groups is 2. The Labute approximate surface area is 457 Å². The van der Waals surface area contributed by atoms with Crippen LogP contribution in [0.25, 0.3) is 21.5 Å². The first kappa shape index (κ1) is 46.0. The summed E-state index contributed by atoms with van der Waals surface area (Å²) in [6.07, 6.45) is -0.832. The van der Waals surface area contributed by atoms with Crippen LogP contribution in [-0.2, 0) is 0 Å². The standard InChI is InChI=1S/C60H36BClN6S6/c62-61-67-57-51-45(71-39-23-11-3-12-24-39)33-35-47(73-41-27-15-5-16-28-41)53(51)59(67)66-60-54-48(74-42-29-17-6-18-30-42)36-34-46(72-40-25-13-4-14-26-40)52(54)58(68(60)61)65-56-50-44(70-38-21-9-2-10-22-38)32-31-43(49(50)55(63-56)64-57)69-37-19-7-1-8-20-37/h1-36H. The van der Waals surface area contributed by atoms with Crippen molar-refractivity contribution in [3.8, 4) is 0 Å². The fourth-order valence-corrected chi connectivity index (χ4v) is 15.8. The molecule has 0 spiro atoms. The molecular formula is C60H36BClN6S6. The fraction of sp³-hybridized carbons (Fsp3) is 0. The first-order valence-electron chi connectivity index (χ1n) is 23.8. The lowest BCUT2D eigenvalue weighted by molar-refractivity contribution is 0.936. The third kappa shape index (κ3) is 8.35. The molecule has 0 saturated carbocycles. The lowest BCUT2D eigenvalue weighted by Gasteiger charge is -2.18. The van der Waals surface area contributed by atoms with Crippen LogP contribution < -0.4 is 11.0 Å². The summed E-state index contributed by atoms with van der Waals surface area (Å²) in [7, 11) is 0. The van der Waals surface area contributed by atoms with E-state index in [0.717, 1.165) is 103 Å². The molecule has 3 aliphatic heterocycles. The summed E-state index contributed by atoms with van der Waals surface area (Å²) in [4.78, 5) is 36.1. The molecule has 0 N–H and O–H groups in total. The second-order valence-corrected chi connectivity index (χ2v) is 24.4. The Morgan fingerprint density at radius 3 is 0.932 bits per heavy atom. The summed E-state index contributed by atoms with van der Waals surface area (Å²) >= 11 is 18.6. The normalized spacial score (nSPS) is 13.1. The molecule has 352 valence electrons. The first-order valence-corrected chi connectivity index (χ1v) is 29.1. The monoisotopic (exact) mass is 1080 g/mol. The second kappa shape index (κ2) is 19.6. The van der Waals surface area contributed by atoms with E-state index in [1.165, 1.54) is 0 Å². The van der Waals surface area contributed by atoms with Crippen molar-refractivity contribution in [2.24, 2.45) is 20.0 Å². The highest BCUT2D eigenvalue weighted by atomic mass is 35.5. The topological polar surface area (TPSA) is 59.3 Å². The van der Waals surface area contributed by atoms with Crippen LogP contribution in [0.2, 0.25) is 0 Å². The molecule has 3 aliphatic rings. The molecule has 0 aliphatic carbocycles. The smallest absolute Gasteiger partial charge is 0.319 e. The molecule has 0 unspecified atom stereocenters. The number of rotatable bonds is 12. The molecule has 5 heterocycles. The maximum Gasteiger partial charge on any atom is 0.499 e. The molecular weight excluding hydrogens is 1040 g/mol. The zero-order valence-electron chi connectivity index (χ0n) is 38.9. The van der Waals surface area contributed by atoms with Crippen molar-refractivity contribution in [3.05, 3.63) is 240 Å². The highest BCUT2D eigenvalue weighted by molar-refractivity contribution is 8.01. The second-order valence-electron chi connectivity index (χ2n) is 17.4. The zero-order valence-corrected chi connectivity index (χ0v) is 44.5. The Kier molecular flexibility index (Phi) is 12.2. The number of benzene rings is 9. The van der Waals surface area contributed by atoms with Crippen LogP contribution in [0.4, 0.5) is 11.6 Å². The lowest BCUT2D eigenvalue weighted by Crippen LogP contribution is -2.45. The minimum absolute atomic E-state index is 0.574. The van der Waals surface area contributed by atoms with Crippen molar-refractivity contribution < 1.29 is 0 Å². The summed E-state index contributed by atoms with van der Waals surface area (Å²) in [5.41, 5.74) is 3.28. The Hall–Kier alpha value is -6.55. The molecule has 11 aromatic rings. The van der Waals surface area contributed by atoms with Crippen LogP contribution in [0, 0.1) is 0 Å². The van der Waals surface area contributed by atoms with Gasteiger partial charge < -0.3 is 8.96 Å². The van der Waals surface area contributed by atoms with Gasteiger partial charge in [0, 0.05) is 91.4 Å². The van der Waals surface area contributed by atoms with Gasteiger partial charge in [0.05, 0.1) is 0 Å². The molecule has 14 rings (SSSR count). The quantitative estimate of drug-likeness (QED) is 0.114. The maximum absolute atomic E-state index is 8.29. The van der Waals surface area contributed by atoms with E-state index in [4.69, 9.17) is 31.4 Å². The molecule has 14 heteroatoms. The van der Waals surface area contributed by atoms with E-state index < -0.39 is 6.40 Å². The molecule has 0 fully saturated rings. The Morgan fingerprint density at radius 1 is 0.284 bits per heavy atom. The molecule has 0 atom stereocenters. The van der Waals surface area contributed by atoms with Crippen LogP contribution in [0.3, 0.4) is 0 Å². The highest BCUT2D eigenvalue weighted by Crippen LogP contribution is 2.52. The van der Waals surface area contributed by atoms with Crippen molar-refractivity contribution >= 4 is 133 Å². The summed E-state index contributed by atoms with van der Waals surface area (Å²) in [5.74, 6) is 2.57. The van der Waals surface area contributed by atoms with E-state index >= 15 is 0 Å². The van der Waals surface area contributed by atoms with Gasteiger partial charge in [-0.15, -0.1) is 11.5 Å². The third-order valence-electron chi connectivity index (χ3n) is 12.7. The maximum atomic E-state index is 8.29. The summed E-state index contributed by atoms with van der Waals surface area (Å²) in [6, 6.07) is 76.6. The Morgan fingerprint density at radius 2 is 0.568 bits per heavy atom. The van der Waals surface area contributed by atoms with Crippen LogP contribution in [0.5, 0.6) is 0 Å². The van der Waals surface area contributed by atoms with Crippen molar-refractivity contribution in [1.82, 2.24) is 8.96 Å². The fourth-order valence-electron chi connectivity index (χ4n) is 9.54. The number of aromatic nitrogens is 2. The predicted molar refractivity (Wildman–Crippen MR) is 311 cm³/mol. The molecule has 0 amide bonds. The van der Waals surface area contributed by atoms with Crippen molar-refractivity contribution in [3.63, 3.8) is 0 Å². The van der Waals surface area contributed by atoms with Gasteiger partial charge in [0.1, 0.15) is 22.6 Å². The lowest BCUT2D eigenvalue weighted by atomic mass is 10.1. The molecule has 74 heavy (non-hydrogen) atoms. The van der Waals surface area contributed by atoms with Gasteiger partial charge in [-0.1, -0.05) is 180 Å². The minimum Gasteiger partial charge on any atom is -0.319 e. The Bertz CT molecular complexity index is 4200. The SMILES string of the molecule is ClB1n2c3c4c(Sc5ccccc5)ccc(Sc5ccccc5)c4c2N=c2c4c(Sc5ccccc5)ccc(Sc5ccccc5)c4c(n21)=NC1=NC(=N3)c2c(Sc3ccccc3)ccc(Sc3ccccc3)c21. The molecule has 9 aromatic carbocycles. The van der Waals surface area contributed by atoms with E-state index in [2.05, 4.69) is 227 Å². The van der Waals surface area contributed by atoms with Crippen molar-refractivity contribution in [2.75, 3.05) is 0 Å².